The van der Waals surface area contributed by atoms with Crippen LogP contribution in [0, 0.1) is 0 Å². The Morgan fingerprint density at radius 3 is 2.32 bits per heavy atom. The molecular formula is C18H18ClNO2. The third kappa shape index (κ3) is 3.42. The van der Waals surface area contributed by atoms with Crippen molar-refractivity contribution in [1.29, 1.82) is 0 Å². The van der Waals surface area contributed by atoms with E-state index in [9.17, 15) is 4.79 Å². The Balaban J connectivity index is 1.58. The maximum atomic E-state index is 12.5. The first kappa shape index (κ1) is 14.9. The van der Waals surface area contributed by atoms with Gasteiger partial charge in [0.05, 0.1) is 10.6 Å². The predicted octanol–water partition coefficient (Wildman–Crippen LogP) is 4.02. The summed E-state index contributed by atoms with van der Waals surface area (Å²) < 4.78 is 5.95. The highest BCUT2D eigenvalue weighted by Gasteiger charge is 2.25. The maximum Gasteiger partial charge on any atom is 0.255 e. The van der Waals surface area contributed by atoms with Gasteiger partial charge in [0.2, 0.25) is 0 Å². The molecule has 0 bridgehead atoms. The molecule has 3 nitrogen and oxygen atoms in total. The second-order valence-corrected chi connectivity index (χ2v) is 5.81. The monoisotopic (exact) mass is 315 g/mol. The molecule has 0 aliphatic carbocycles. The fraction of sp³-hybridized carbons (Fsp3) is 0.278. The molecule has 1 saturated heterocycles. The maximum absolute atomic E-state index is 12.5. The first-order valence-electron chi connectivity index (χ1n) is 7.49. The minimum atomic E-state index is 0.00348. The molecule has 114 valence electrons. The molecule has 0 radical (unpaired) electrons. The van der Waals surface area contributed by atoms with Crippen LogP contribution in [0.3, 0.4) is 0 Å². The van der Waals surface area contributed by atoms with E-state index in [2.05, 4.69) is 0 Å². The lowest BCUT2D eigenvalue weighted by Crippen LogP contribution is -2.41. The normalized spacial score (nSPS) is 15.6. The minimum Gasteiger partial charge on any atom is -0.490 e. The fourth-order valence-electron chi connectivity index (χ4n) is 2.67. The van der Waals surface area contributed by atoms with Gasteiger partial charge < -0.3 is 9.64 Å². The summed E-state index contributed by atoms with van der Waals surface area (Å²) in [4.78, 5) is 14.3. The molecule has 1 amide bonds. The summed E-state index contributed by atoms with van der Waals surface area (Å²) in [7, 11) is 0. The number of rotatable bonds is 3. The first-order valence-corrected chi connectivity index (χ1v) is 7.87. The van der Waals surface area contributed by atoms with Crippen LogP contribution in [-0.2, 0) is 0 Å². The molecule has 0 N–H and O–H groups in total. The van der Waals surface area contributed by atoms with Crippen molar-refractivity contribution >= 4 is 17.5 Å². The van der Waals surface area contributed by atoms with E-state index in [0.717, 1.165) is 18.6 Å². The number of ether oxygens (including phenoxy) is 1. The molecule has 1 aliphatic heterocycles. The fourth-order valence-corrected chi connectivity index (χ4v) is 2.89. The van der Waals surface area contributed by atoms with Crippen LogP contribution in [0.5, 0.6) is 5.75 Å². The molecule has 2 aromatic carbocycles. The summed E-state index contributed by atoms with van der Waals surface area (Å²) in [6.07, 6.45) is 1.84. The number of hydrogen-bond acceptors (Lipinski definition) is 2. The van der Waals surface area contributed by atoms with E-state index in [0.29, 0.717) is 23.7 Å². The van der Waals surface area contributed by atoms with Crippen molar-refractivity contribution in [1.82, 2.24) is 4.90 Å². The number of carbonyl (C=O) groups excluding carboxylic acids is 1. The molecule has 2 aromatic rings. The van der Waals surface area contributed by atoms with E-state index in [1.165, 1.54) is 0 Å². The quantitative estimate of drug-likeness (QED) is 0.856. The molecule has 3 rings (SSSR count). The van der Waals surface area contributed by atoms with Gasteiger partial charge in [-0.3, -0.25) is 4.79 Å². The minimum absolute atomic E-state index is 0.00348. The molecule has 0 saturated carbocycles. The van der Waals surface area contributed by atoms with E-state index < -0.39 is 0 Å². The Morgan fingerprint density at radius 1 is 1.00 bits per heavy atom. The molecule has 0 atom stereocenters. The van der Waals surface area contributed by atoms with Crippen LogP contribution in [0.4, 0.5) is 0 Å². The molecule has 22 heavy (non-hydrogen) atoms. The van der Waals surface area contributed by atoms with Crippen molar-refractivity contribution < 1.29 is 9.53 Å². The van der Waals surface area contributed by atoms with Crippen LogP contribution in [0.15, 0.2) is 54.6 Å². The lowest BCUT2D eigenvalue weighted by atomic mass is 10.1. The summed E-state index contributed by atoms with van der Waals surface area (Å²) in [6.45, 7) is 1.39. The predicted molar refractivity (Wildman–Crippen MR) is 87.4 cm³/mol. The molecule has 0 spiro atoms. The number of carbonyl (C=O) groups is 1. The number of amides is 1. The van der Waals surface area contributed by atoms with E-state index >= 15 is 0 Å². The van der Waals surface area contributed by atoms with Crippen LogP contribution in [0.1, 0.15) is 23.2 Å². The number of hydrogen-bond donors (Lipinski definition) is 0. The van der Waals surface area contributed by atoms with E-state index in [1.807, 2.05) is 47.4 Å². The van der Waals surface area contributed by atoms with Gasteiger partial charge in [-0.25, -0.2) is 0 Å². The average Bonchev–Trinajstić information content (AvgIpc) is 2.56. The van der Waals surface area contributed by atoms with Crippen LogP contribution < -0.4 is 4.74 Å². The standard InChI is InChI=1S/C18H18ClNO2/c19-17-9-5-4-8-16(17)18(21)20-12-10-15(11-13-20)22-14-6-2-1-3-7-14/h1-9,15H,10-13H2. The Labute approximate surface area is 135 Å². The molecule has 0 unspecified atom stereocenters. The number of para-hydroxylation sites is 1. The zero-order chi connectivity index (χ0) is 15.4. The Kier molecular flexibility index (Phi) is 4.64. The third-order valence-electron chi connectivity index (χ3n) is 3.88. The summed E-state index contributed by atoms with van der Waals surface area (Å²) in [6, 6.07) is 17.0. The van der Waals surface area contributed by atoms with E-state index in [-0.39, 0.29) is 12.0 Å². The highest BCUT2D eigenvalue weighted by molar-refractivity contribution is 6.33. The Hall–Kier alpha value is -2.00. The largest absolute Gasteiger partial charge is 0.490 e. The van der Waals surface area contributed by atoms with Crippen molar-refractivity contribution in [2.75, 3.05) is 13.1 Å². The molecular weight excluding hydrogens is 298 g/mol. The summed E-state index contributed by atoms with van der Waals surface area (Å²) in [5.74, 6) is 0.891. The number of halogens is 1. The number of likely N-dealkylation sites (tertiary alicyclic amines) is 1. The van der Waals surface area contributed by atoms with Crippen LogP contribution >= 0.6 is 11.6 Å². The highest BCUT2D eigenvalue weighted by atomic mass is 35.5. The van der Waals surface area contributed by atoms with Crippen molar-refractivity contribution in [2.24, 2.45) is 0 Å². The Bertz CT molecular complexity index is 637. The number of benzene rings is 2. The van der Waals surface area contributed by atoms with Crippen molar-refractivity contribution in [3.05, 3.63) is 65.2 Å². The van der Waals surface area contributed by atoms with Gasteiger partial charge in [-0.1, -0.05) is 41.9 Å². The highest BCUT2D eigenvalue weighted by Crippen LogP contribution is 2.22. The molecule has 4 heteroatoms. The Morgan fingerprint density at radius 2 is 1.64 bits per heavy atom. The molecule has 1 aliphatic rings. The summed E-state index contributed by atoms with van der Waals surface area (Å²) in [5, 5.41) is 0.509. The zero-order valence-electron chi connectivity index (χ0n) is 12.2. The molecule has 1 heterocycles. The molecule has 0 aromatic heterocycles. The lowest BCUT2D eigenvalue weighted by Gasteiger charge is -2.32. The van der Waals surface area contributed by atoms with Crippen molar-refractivity contribution in [2.45, 2.75) is 18.9 Å². The van der Waals surface area contributed by atoms with Gasteiger partial charge in [0.25, 0.3) is 5.91 Å². The van der Waals surface area contributed by atoms with Crippen LogP contribution in [-0.4, -0.2) is 30.0 Å². The van der Waals surface area contributed by atoms with Gasteiger partial charge in [0.15, 0.2) is 0 Å². The SMILES string of the molecule is O=C(c1ccccc1Cl)N1CCC(Oc2ccccc2)CC1. The number of piperidine rings is 1. The number of nitrogens with zero attached hydrogens (tertiary/aromatic N) is 1. The third-order valence-corrected chi connectivity index (χ3v) is 4.21. The topological polar surface area (TPSA) is 29.5 Å². The van der Waals surface area contributed by atoms with Gasteiger partial charge in [-0.15, -0.1) is 0 Å². The van der Waals surface area contributed by atoms with Crippen molar-refractivity contribution in [3.8, 4) is 5.75 Å². The second-order valence-electron chi connectivity index (χ2n) is 5.40. The van der Waals surface area contributed by atoms with E-state index in [1.54, 1.807) is 12.1 Å². The smallest absolute Gasteiger partial charge is 0.255 e. The van der Waals surface area contributed by atoms with Gasteiger partial charge in [-0.2, -0.15) is 0 Å². The van der Waals surface area contributed by atoms with Gasteiger partial charge >= 0.3 is 0 Å². The van der Waals surface area contributed by atoms with Gasteiger partial charge in [-0.05, 0) is 24.3 Å². The van der Waals surface area contributed by atoms with E-state index in [4.69, 9.17) is 16.3 Å². The summed E-state index contributed by atoms with van der Waals surface area (Å²) in [5.41, 5.74) is 0.576. The van der Waals surface area contributed by atoms with Crippen LogP contribution in [0.25, 0.3) is 0 Å². The first-order chi connectivity index (χ1) is 10.7. The van der Waals surface area contributed by atoms with Crippen molar-refractivity contribution in [3.63, 3.8) is 0 Å². The summed E-state index contributed by atoms with van der Waals surface area (Å²) >= 11 is 6.10. The lowest BCUT2D eigenvalue weighted by molar-refractivity contribution is 0.0596. The zero-order valence-corrected chi connectivity index (χ0v) is 13.0. The van der Waals surface area contributed by atoms with Gasteiger partial charge in [0, 0.05) is 25.9 Å². The second kappa shape index (κ2) is 6.84. The van der Waals surface area contributed by atoms with Crippen LogP contribution in [0.2, 0.25) is 5.02 Å². The average molecular weight is 316 g/mol. The van der Waals surface area contributed by atoms with Gasteiger partial charge in [0.1, 0.15) is 11.9 Å². The molecule has 1 fully saturated rings.